The molecule has 0 amide bonds. The number of hydrogen-bond donors (Lipinski definition) is 0. The third kappa shape index (κ3) is 1.24. The quantitative estimate of drug-likeness (QED) is 0.721. The van der Waals surface area contributed by atoms with Gasteiger partial charge in [-0.3, -0.25) is 4.57 Å². The van der Waals surface area contributed by atoms with Crippen molar-refractivity contribution >= 4 is 10.9 Å². The number of benzene rings is 1. The molecule has 0 spiro atoms. The normalized spacial score (nSPS) is 13.0. The molecule has 3 rings (SSSR count). The predicted octanol–water partition coefficient (Wildman–Crippen LogP) is 0.229. The van der Waals surface area contributed by atoms with Crippen molar-refractivity contribution < 1.29 is 18.6 Å². The van der Waals surface area contributed by atoms with Crippen molar-refractivity contribution in [3.8, 4) is 17.2 Å². The van der Waals surface area contributed by atoms with Crippen molar-refractivity contribution in [2.75, 3.05) is 13.9 Å². The Hall–Kier alpha value is -2.44. The van der Waals surface area contributed by atoms with Crippen LogP contribution in [0.15, 0.2) is 20.1 Å². The van der Waals surface area contributed by atoms with Crippen LogP contribution in [0.5, 0.6) is 17.2 Å². The van der Waals surface area contributed by atoms with Crippen LogP contribution in [0.25, 0.3) is 10.9 Å². The number of rotatable bonds is 1. The van der Waals surface area contributed by atoms with E-state index in [0.717, 1.165) is 0 Å². The van der Waals surface area contributed by atoms with Crippen LogP contribution in [0, 0.1) is 0 Å². The molecule has 0 fully saturated rings. The average molecular weight is 251 g/mol. The average Bonchev–Trinajstić information content (AvgIpc) is 2.81. The van der Waals surface area contributed by atoms with Gasteiger partial charge in [-0.1, -0.05) is 0 Å². The molecule has 0 atom stereocenters. The van der Waals surface area contributed by atoms with Gasteiger partial charge in [-0.15, -0.1) is 0 Å². The van der Waals surface area contributed by atoms with Gasteiger partial charge in [-0.25, -0.2) is 9.59 Å². The molecule has 18 heavy (non-hydrogen) atoms. The second-order valence-corrected chi connectivity index (χ2v) is 3.75. The first-order valence-corrected chi connectivity index (χ1v) is 5.14. The lowest BCUT2D eigenvalue weighted by atomic mass is 10.2. The SMILES string of the molecule is COc1c2c(cc3c1c(=O)oc(=O)n3C)OCO2. The number of methoxy groups -OCH3 is 1. The van der Waals surface area contributed by atoms with Crippen molar-refractivity contribution in [2.24, 2.45) is 7.05 Å². The van der Waals surface area contributed by atoms with Gasteiger partial charge in [0, 0.05) is 13.1 Å². The van der Waals surface area contributed by atoms with Gasteiger partial charge in [0.05, 0.1) is 12.6 Å². The third-order valence-electron chi connectivity index (χ3n) is 2.82. The highest BCUT2D eigenvalue weighted by Crippen LogP contribution is 2.44. The minimum absolute atomic E-state index is 0.0430. The van der Waals surface area contributed by atoms with E-state index < -0.39 is 11.4 Å². The molecule has 7 heteroatoms. The molecule has 1 aliphatic heterocycles. The Kier molecular flexibility index (Phi) is 2.09. The smallest absolute Gasteiger partial charge is 0.422 e. The van der Waals surface area contributed by atoms with Crippen molar-refractivity contribution in [1.82, 2.24) is 4.57 Å². The predicted molar refractivity (Wildman–Crippen MR) is 60.4 cm³/mol. The van der Waals surface area contributed by atoms with Gasteiger partial charge in [-0.2, -0.15) is 0 Å². The fourth-order valence-corrected chi connectivity index (χ4v) is 1.95. The molecule has 2 heterocycles. The molecule has 0 saturated carbocycles. The zero-order valence-corrected chi connectivity index (χ0v) is 9.68. The Morgan fingerprint density at radius 1 is 1.33 bits per heavy atom. The number of aryl methyl sites for hydroxylation is 1. The van der Waals surface area contributed by atoms with Crippen LogP contribution < -0.4 is 25.6 Å². The summed E-state index contributed by atoms with van der Waals surface area (Å²) in [6, 6.07) is 1.55. The van der Waals surface area contributed by atoms with E-state index in [1.807, 2.05) is 0 Å². The largest absolute Gasteiger partial charge is 0.492 e. The summed E-state index contributed by atoms with van der Waals surface area (Å²) >= 11 is 0. The first kappa shape index (κ1) is 10.7. The zero-order chi connectivity index (χ0) is 12.9. The van der Waals surface area contributed by atoms with E-state index in [9.17, 15) is 9.59 Å². The zero-order valence-electron chi connectivity index (χ0n) is 9.68. The van der Waals surface area contributed by atoms with Crippen molar-refractivity contribution in [2.45, 2.75) is 0 Å². The fraction of sp³-hybridized carbons (Fsp3) is 0.273. The Balaban J connectivity index is 2.59. The van der Waals surface area contributed by atoms with Crippen LogP contribution in [0.1, 0.15) is 0 Å². The van der Waals surface area contributed by atoms with Gasteiger partial charge in [0.1, 0.15) is 5.39 Å². The summed E-state index contributed by atoms with van der Waals surface area (Å²) in [5, 5.41) is 0.156. The lowest BCUT2D eigenvalue weighted by Crippen LogP contribution is -2.22. The highest BCUT2D eigenvalue weighted by molar-refractivity contribution is 5.89. The minimum atomic E-state index is -0.761. The Labute approximate surface area is 100 Å². The number of fused-ring (bicyclic) bond motifs is 2. The Bertz CT molecular complexity index is 757. The maximum Gasteiger partial charge on any atom is 0.422 e. The lowest BCUT2D eigenvalue weighted by Gasteiger charge is -2.09. The molecule has 0 N–H and O–H groups in total. The maximum absolute atomic E-state index is 11.8. The first-order valence-electron chi connectivity index (χ1n) is 5.14. The summed E-state index contributed by atoms with van der Waals surface area (Å²) < 4.78 is 21.4. The van der Waals surface area contributed by atoms with Gasteiger partial charge >= 0.3 is 11.4 Å². The molecule has 2 aromatic rings. The fourth-order valence-electron chi connectivity index (χ4n) is 1.95. The first-order chi connectivity index (χ1) is 8.63. The van der Waals surface area contributed by atoms with Gasteiger partial charge in [0.15, 0.2) is 11.5 Å². The molecule has 1 aromatic heterocycles. The topological polar surface area (TPSA) is 79.9 Å². The minimum Gasteiger partial charge on any atom is -0.492 e. The molecule has 0 radical (unpaired) electrons. The van der Waals surface area contributed by atoms with Crippen molar-refractivity contribution in [1.29, 1.82) is 0 Å². The van der Waals surface area contributed by atoms with Crippen molar-refractivity contribution in [3.05, 3.63) is 27.0 Å². The lowest BCUT2D eigenvalue weighted by molar-refractivity contribution is 0.171. The van der Waals surface area contributed by atoms with Gasteiger partial charge in [0.25, 0.3) is 0 Å². The molecule has 0 aliphatic carbocycles. The Morgan fingerprint density at radius 3 is 2.83 bits per heavy atom. The van der Waals surface area contributed by atoms with Crippen LogP contribution in [0.4, 0.5) is 0 Å². The van der Waals surface area contributed by atoms with Gasteiger partial charge in [0.2, 0.25) is 12.5 Å². The van der Waals surface area contributed by atoms with Crippen molar-refractivity contribution in [3.63, 3.8) is 0 Å². The summed E-state index contributed by atoms with van der Waals surface area (Å²) in [5.74, 6) is 0.244. The highest BCUT2D eigenvalue weighted by Gasteiger charge is 2.25. The van der Waals surface area contributed by atoms with E-state index in [2.05, 4.69) is 4.42 Å². The summed E-state index contributed by atoms with van der Waals surface area (Å²) in [6.07, 6.45) is 0. The van der Waals surface area contributed by atoms with Crippen LogP contribution in [-0.2, 0) is 7.05 Å². The van der Waals surface area contributed by atoms with Gasteiger partial charge < -0.3 is 18.6 Å². The summed E-state index contributed by atoms with van der Waals surface area (Å²) in [7, 11) is 2.90. The van der Waals surface area contributed by atoms with E-state index >= 15 is 0 Å². The van der Waals surface area contributed by atoms with E-state index in [1.165, 1.54) is 18.7 Å². The number of nitrogens with zero attached hydrogens (tertiary/aromatic N) is 1. The number of hydrogen-bond acceptors (Lipinski definition) is 6. The van der Waals surface area contributed by atoms with Crippen LogP contribution in [0.3, 0.4) is 0 Å². The van der Waals surface area contributed by atoms with E-state index in [4.69, 9.17) is 14.2 Å². The van der Waals surface area contributed by atoms with E-state index in [0.29, 0.717) is 17.0 Å². The van der Waals surface area contributed by atoms with Crippen LogP contribution >= 0.6 is 0 Å². The molecule has 1 aromatic carbocycles. The second kappa shape index (κ2) is 3.52. The second-order valence-electron chi connectivity index (χ2n) is 3.75. The van der Waals surface area contributed by atoms with Crippen LogP contribution in [-0.4, -0.2) is 18.5 Å². The number of ether oxygens (including phenoxy) is 3. The molecular weight excluding hydrogens is 242 g/mol. The monoisotopic (exact) mass is 251 g/mol. The summed E-state index contributed by atoms with van der Waals surface area (Å²) in [6.45, 7) is 0.0430. The Morgan fingerprint density at radius 2 is 2.11 bits per heavy atom. The summed E-state index contributed by atoms with van der Waals surface area (Å²) in [4.78, 5) is 23.2. The molecule has 0 bridgehead atoms. The summed E-state index contributed by atoms with van der Waals surface area (Å²) in [5.41, 5.74) is -0.388. The number of aromatic nitrogens is 1. The van der Waals surface area contributed by atoms with E-state index in [-0.39, 0.29) is 17.9 Å². The molecule has 0 unspecified atom stereocenters. The molecule has 94 valence electrons. The van der Waals surface area contributed by atoms with Crippen LogP contribution in [0.2, 0.25) is 0 Å². The molecular formula is C11H9NO6. The maximum atomic E-state index is 11.8. The molecule has 0 saturated heterocycles. The highest BCUT2D eigenvalue weighted by atomic mass is 16.7. The molecule has 7 nitrogen and oxygen atoms in total. The standard InChI is InChI=1S/C11H9NO6/c1-12-5-3-6-8(17-4-16-6)9(15-2)7(5)10(13)18-11(12)14/h3H,4H2,1-2H3. The molecule has 1 aliphatic rings. The van der Waals surface area contributed by atoms with E-state index in [1.54, 1.807) is 6.07 Å². The third-order valence-corrected chi connectivity index (χ3v) is 2.82. The van der Waals surface area contributed by atoms with Gasteiger partial charge in [-0.05, 0) is 0 Å².